The number of rotatable bonds is 5. The van der Waals surface area contributed by atoms with Gasteiger partial charge in [-0.3, -0.25) is 14.4 Å². The molecule has 0 N–H and O–H groups in total. The predicted molar refractivity (Wildman–Crippen MR) is 237 cm³/mol. The summed E-state index contributed by atoms with van der Waals surface area (Å²) in [7, 11) is 0. The van der Waals surface area contributed by atoms with Gasteiger partial charge in [0.2, 0.25) is 0 Å². The summed E-state index contributed by atoms with van der Waals surface area (Å²) in [4.78, 5) is 19.3. The minimum Gasteiger partial charge on any atom is -0.308 e. The van der Waals surface area contributed by atoms with Gasteiger partial charge in [0.1, 0.15) is 5.65 Å². The molecule has 6 heterocycles. The van der Waals surface area contributed by atoms with Crippen LogP contribution in [0.15, 0.2) is 195 Å². The van der Waals surface area contributed by atoms with Crippen LogP contribution in [0.3, 0.4) is 0 Å². The van der Waals surface area contributed by atoms with Crippen LogP contribution in [-0.2, 0) is 0 Å². The monoisotopic (exact) mass is 740 g/mol. The van der Waals surface area contributed by atoms with Crippen LogP contribution in [0.5, 0.6) is 0 Å². The Hall–Kier alpha value is -7.96. The Kier molecular flexibility index (Phi) is 7.13. The van der Waals surface area contributed by atoms with Crippen LogP contribution in [0.1, 0.15) is 0 Å². The molecule has 0 bridgehead atoms. The highest BCUT2D eigenvalue weighted by atomic mass is 15.0. The van der Waals surface area contributed by atoms with Crippen molar-refractivity contribution < 1.29 is 0 Å². The first kappa shape index (κ1) is 32.3. The largest absolute Gasteiger partial charge is 0.308 e. The number of benzene rings is 6. The summed E-state index contributed by atoms with van der Waals surface area (Å²) in [5.41, 5.74) is 15.7. The fourth-order valence-electron chi connectivity index (χ4n) is 8.79. The molecule has 0 saturated carbocycles. The second kappa shape index (κ2) is 12.8. The molecular weight excluding hydrogens is 709 g/mol. The lowest BCUT2D eigenvalue weighted by atomic mass is 10.0. The Morgan fingerprint density at radius 3 is 1.57 bits per heavy atom. The quantitative estimate of drug-likeness (QED) is 0.165. The standard InChI is InChI=1S/C52H32N6/c1-4-14-47-40(11-1)41-25-26-43-50(42-12-2-5-15-48(42)58-49-16-6-3-13-44(49)56-52(43)58)51(41)57(47)39-29-45(35-21-17-33(18-22-35)37-9-7-27-53-31-37)55-46(30-39)36-23-19-34(20-24-36)38-10-8-28-54-32-38/h1-32H. The Morgan fingerprint density at radius 1 is 0.379 bits per heavy atom. The average molecular weight is 741 g/mol. The van der Waals surface area contributed by atoms with Gasteiger partial charge in [0.15, 0.2) is 0 Å². The van der Waals surface area contributed by atoms with Crippen molar-refractivity contribution in [3.8, 4) is 50.5 Å². The van der Waals surface area contributed by atoms with Crippen molar-refractivity contribution in [2.45, 2.75) is 0 Å². The number of para-hydroxylation sites is 4. The van der Waals surface area contributed by atoms with Crippen LogP contribution in [0, 0.1) is 0 Å². The maximum absolute atomic E-state index is 5.37. The van der Waals surface area contributed by atoms with Crippen molar-refractivity contribution in [1.29, 1.82) is 0 Å². The second-order valence-electron chi connectivity index (χ2n) is 14.7. The van der Waals surface area contributed by atoms with Crippen LogP contribution < -0.4 is 0 Å². The molecule has 6 heteroatoms. The molecule has 0 saturated heterocycles. The average Bonchev–Trinajstić information content (AvgIpc) is 3.86. The highest BCUT2D eigenvalue weighted by Crippen LogP contribution is 2.42. The molecular formula is C52H32N6. The van der Waals surface area contributed by atoms with Crippen molar-refractivity contribution >= 4 is 60.2 Å². The third kappa shape index (κ3) is 4.98. The maximum Gasteiger partial charge on any atom is 0.146 e. The number of hydrogen-bond donors (Lipinski definition) is 0. The third-order valence-electron chi connectivity index (χ3n) is 11.5. The van der Waals surface area contributed by atoms with Gasteiger partial charge in [-0.25, -0.2) is 9.97 Å². The first-order valence-corrected chi connectivity index (χ1v) is 19.4. The van der Waals surface area contributed by atoms with E-state index in [-0.39, 0.29) is 0 Å². The minimum absolute atomic E-state index is 0.888. The predicted octanol–water partition coefficient (Wildman–Crippen LogP) is 12.7. The van der Waals surface area contributed by atoms with Crippen molar-refractivity contribution in [2.75, 3.05) is 0 Å². The van der Waals surface area contributed by atoms with Crippen LogP contribution in [-0.4, -0.2) is 28.9 Å². The molecule has 0 aliphatic rings. The van der Waals surface area contributed by atoms with Gasteiger partial charge < -0.3 is 4.57 Å². The summed E-state index contributed by atoms with van der Waals surface area (Å²) >= 11 is 0. The van der Waals surface area contributed by atoms with E-state index >= 15 is 0 Å². The smallest absolute Gasteiger partial charge is 0.146 e. The zero-order valence-corrected chi connectivity index (χ0v) is 31.2. The molecule has 0 atom stereocenters. The molecule has 270 valence electrons. The second-order valence-corrected chi connectivity index (χ2v) is 14.7. The van der Waals surface area contributed by atoms with E-state index < -0.39 is 0 Å². The van der Waals surface area contributed by atoms with E-state index in [9.17, 15) is 0 Å². The first-order valence-electron chi connectivity index (χ1n) is 19.4. The van der Waals surface area contributed by atoms with E-state index in [0.29, 0.717) is 0 Å². The zero-order valence-electron chi connectivity index (χ0n) is 31.2. The van der Waals surface area contributed by atoms with Gasteiger partial charge >= 0.3 is 0 Å². The van der Waals surface area contributed by atoms with Crippen molar-refractivity contribution in [3.05, 3.63) is 195 Å². The summed E-state index contributed by atoms with van der Waals surface area (Å²) in [6.45, 7) is 0. The van der Waals surface area contributed by atoms with Crippen molar-refractivity contribution in [1.82, 2.24) is 28.9 Å². The Morgan fingerprint density at radius 2 is 0.931 bits per heavy atom. The minimum atomic E-state index is 0.888. The Balaban J connectivity index is 1.16. The normalized spacial score (nSPS) is 11.8. The number of nitrogens with zero attached hydrogens (tertiary/aromatic N) is 6. The van der Waals surface area contributed by atoms with Crippen LogP contribution in [0.4, 0.5) is 0 Å². The molecule has 12 aromatic rings. The maximum atomic E-state index is 5.37. The van der Waals surface area contributed by atoms with Crippen LogP contribution >= 0.6 is 0 Å². The number of aromatic nitrogens is 6. The van der Waals surface area contributed by atoms with E-state index in [1.807, 2.05) is 24.5 Å². The van der Waals surface area contributed by atoms with E-state index in [4.69, 9.17) is 9.97 Å². The van der Waals surface area contributed by atoms with Crippen molar-refractivity contribution in [2.24, 2.45) is 0 Å². The van der Waals surface area contributed by atoms with Gasteiger partial charge in [0.25, 0.3) is 0 Å². The fourth-order valence-corrected chi connectivity index (χ4v) is 8.79. The van der Waals surface area contributed by atoms with Gasteiger partial charge in [-0.05, 0) is 76.9 Å². The Labute approximate surface area is 333 Å². The number of imidazole rings is 1. The molecule has 58 heavy (non-hydrogen) atoms. The van der Waals surface area contributed by atoms with Gasteiger partial charge in [0.05, 0.1) is 44.7 Å². The van der Waals surface area contributed by atoms with E-state index in [1.165, 1.54) is 21.5 Å². The molecule has 0 spiro atoms. The molecule has 0 amide bonds. The zero-order chi connectivity index (χ0) is 38.2. The van der Waals surface area contributed by atoms with E-state index in [0.717, 1.165) is 89.1 Å². The molecule has 6 aromatic heterocycles. The van der Waals surface area contributed by atoms with Gasteiger partial charge in [-0.15, -0.1) is 0 Å². The molecule has 0 unspecified atom stereocenters. The summed E-state index contributed by atoms with van der Waals surface area (Å²) in [6, 6.07) is 60.3. The first-order chi connectivity index (χ1) is 28.8. The van der Waals surface area contributed by atoms with E-state index in [1.54, 1.807) is 12.4 Å². The number of hydrogen-bond acceptors (Lipinski definition) is 4. The number of pyridine rings is 4. The van der Waals surface area contributed by atoms with Gasteiger partial charge in [-0.1, -0.05) is 115 Å². The number of fused-ring (bicyclic) bond motifs is 12. The highest BCUT2D eigenvalue weighted by molar-refractivity contribution is 6.28. The lowest BCUT2D eigenvalue weighted by molar-refractivity contribution is 1.16. The topological polar surface area (TPSA) is 60.9 Å². The third-order valence-corrected chi connectivity index (χ3v) is 11.5. The highest BCUT2D eigenvalue weighted by Gasteiger charge is 2.22. The van der Waals surface area contributed by atoms with Crippen LogP contribution in [0.2, 0.25) is 0 Å². The van der Waals surface area contributed by atoms with Crippen molar-refractivity contribution in [3.63, 3.8) is 0 Å². The molecule has 12 rings (SSSR count). The lowest BCUT2D eigenvalue weighted by Gasteiger charge is -2.16. The van der Waals surface area contributed by atoms with Gasteiger partial charge in [-0.2, -0.15) is 0 Å². The summed E-state index contributed by atoms with van der Waals surface area (Å²) in [6.07, 6.45) is 7.41. The fraction of sp³-hybridized carbons (Fsp3) is 0. The summed E-state index contributed by atoms with van der Waals surface area (Å²) in [5, 5.41) is 5.84. The SMILES string of the molecule is c1cncc(-c2ccc(-c3cc(-n4c5ccccc5c5ccc6c(c7ccccc7n7c8ccccc8nc67)c54)cc(-c4ccc(-c5cccnc5)cc4)n3)cc2)c1. The molecule has 6 aromatic carbocycles. The lowest BCUT2D eigenvalue weighted by Crippen LogP contribution is -2.00. The molecule has 6 nitrogen and oxygen atoms in total. The molecule has 0 radical (unpaired) electrons. The van der Waals surface area contributed by atoms with E-state index in [2.05, 4.69) is 177 Å². The van der Waals surface area contributed by atoms with Gasteiger partial charge in [0, 0.05) is 62.8 Å². The molecule has 0 fully saturated rings. The Bertz CT molecular complexity index is 3430. The summed E-state index contributed by atoms with van der Waals surface area (Å²) < 4.78 is 4.76. The molecule has 0 aliphatic heterocycles. The molecule has 0 aliphatic carbocycles. The van der Waals surface area contributed by atoms with Crippen LogP contribution in [0.25, 0.3) is 111 Å². The summed E-state index contributed by atoms with van der Waals surface area (Å²) in [5.74, 6) is 0.